The number of amides is 1. The Morgan fingerprint density at radius 3 is 2.63 bits per heavy atom. The molecule has 0 radical (unpaired) electrons. The summed E-state index contributed by atoms with van der Waals surface area (Å²) in [6.07, 6.45) is 2.47. The van der Waals surface area contributed by atoms with Crippen molar-refractivity contribution < 1.29 is 9.53 Å². The Labute approximate surface area is 114 Å². The third-order valence-electron chi connectivity index (χ3n) is 3.36. The van der Waals surface area contributed by atoms with Crippen molar-refractivity contribution in [3.63, 3.8) is 0 Å². The van der Waals surface area contributed by atoms with Crippen LogP contribution in [-0.4, -0.2) is 30.5 Å². The van der Waals surface area contributed by atoms with Crippen LogP contribution in [0.4, 0.5) is 0 Å². The fraction of sp³-hybridized carbons (Fsp3) is 0.400. The molecule has 0 aromatic heterocycles. The fourth-order valence-electron chi connectivity index (χ4n) is 2.26. The first kappa shape index (κ1) is 13.6. The molecule has 1 fully saturated rings. The lowest BCUT2D eigenvalue weighted by Gasteiger charge is -2.20. The van der Waals surface area contributed by atoms with Gasteiger partial charge in [0, 0.05) is 7.05 Å². The van der Waals surface area contributed by atoms with Crippen LogP contribution in [0, 0.1) is 0 Å². The highest BCUT2D eigenvalue weighted by Crippen LogP contribution is 2.26. The van der Waals surface area contributed by atoms with Gasteiger partial charge in [-0.05, 0) is 24.1 Å². The topological polar surface area (TPSA) is 41.6 Å². The molecule has 1 saturated heterocycles. The normalized spacial score (nSPS) is 22.6. The van der Waals surface area contributed by atoms with Crippen LogP contribution >= 0.6 is 0 Å². The van der Waals surface area contributed by atoms with E-state index in [2.05, 4.69) is 11.9 Å². The van der Waals surface area contributed by atoms with Gasteiger partial charge in [-0.2, -0.15) is 0 Å². The van der Waals surface area contributed by atoms with Gasteiger partial charge < -0.3 is 9.64 Å². The molecule has 2 rings (SSSR count). The molecule has 0 aliphatic carbocycles. The second-order valence-electron chi connectivity index (χ2n) is 4.65. The van der Waals surface area contributed by atoms with E-state index in [1.807, 2.05) is 38.2 Å². The number of carbonyl (C=O) groups is 1. The Kier molecular flexibility index (Phi) is 4.22. The molecule has 4 nitrogen and oxygen atoms in total. The van der Waals surface area contributed by atoms with Gasteiger partial charge in [-0.15, -0.1) is 0 Å². The molecule has 1 heterocycles. The molecule has 19 heavy (non-hydrogen) atoms. The summed E-state index contributed by atoms with van der Waals surface area (Å²) in [5.74, 6) is 0.960. The summed E-state index contributed by atoms with van der Waals surface area (Å²) >= 11 is 0. The van der Waals surface area contributed by atoms with Gasteiger partial charge in [0.25, 0.3) is 0 Å². The molecule has 2 atom stereocenters. The summed E-state index contributed by atoms with van der Waals surface area (Å²) in [6, 6.07) is 7.72. The first-order chi connectivity index (χ1) is 9.17. The van der Waals surface area contributed by atoms with E-state index in [0.717, 1.165) is 17.7 Å². The van der Waals surface area contributed by atoms with E-state index in [0.29, 0.717) is 6.61 Å². The number of hydrogen-bond acceptors (Lipinski definition) is 3. The largest absolute Gasteiger partial charge is 0.490 e. The van der Waals surface area contributed by atoms with Crippen LogP contribution in [0.2, 0.25) is 0 Å². The van der Waals surface area contributed by atoms with Crippen molar-refractivity contribution in [2.75, 3.05) is 13.7 Å². The van der Waals surface area contributed by atoms with Crippen LogP contribution in [0.3, 0.4) is 0 Å². The molecule has 4 heteroatoms. The van der Waals surface area contributed by atoms with Crippen molar-refractivity contribution >= 4 is 5.91 Å². The van der Waals surface area contributed by atoms with Crippen molar-refractivity contribution in [1.29, 1.82) is 0 Å². The van der Waals surface area contributed by atoms with E-state index >= 15 is 0 Å². The summed E-state index contributed by atoms with van der Waals surface area (Å²) < 4.78 is 5.44. The number of hydrogen-bond donors (Lipinski definition) is 1. The van der Waals surface area contributed by atoms with E-state index < -0.39 is 0 Å². The van der Waals surface area contributed by atoms with Gasteiger partial charge in [-0.25, -0.2) is 0 Å². The molecule has 2 unspecified atom stereocenters. The second-order valence-corrected chi connectivity index (χ2v) is 4.65. The summed E-state index contributed by atoms with van der Waals surface area (Å²) in [6.45, 7) is 6.12. The Hall–Kier alpha value is -1.81. The summed E-state index contributed by atoms with van der Waals surface area (Å²) in [4.78, 5) is 13.7. The number of carbonyl (C=O) groups excluding carboxylic acids is 1. The molecule has 0 saturated carbocycles. The molecular formula is C15H20N2O2. The highest BCUT2D eigenvalue weighted by Gasteiger charge is 2.35. The van der Waals surface area contributed by atoms with E-state index in [9.17, 15) is 4.79 Å². The number of likely N-dealkylation sites (N-methyl/N-ethyl adjacent to an activating group) is 1. The summed E-state index contributed by atoms with van der Waals surface area (Å²) in [5.41, 5.74) is 1.07. The average molecular weight is 260 g/mol. The van der Waals surface area contributed by atoms with Gasteiger partial charge in [-0.3, -0.25) is 10.1 Å². The maximum absolute atomic E-state index is 12.0. The van der Waals surface area contributed by atoms with Crippen LogP contribution < -0.4 is 10.1 Å². The minimum absolute atomic E-state index is 0.0501. The minimum atomic E-state index is -0.0771. The van der Waals surface area contributed by atoms with Crippen molar-refractivity contribution in [2.45, 2.75) is 25.6 Å². The van der Waals surface area contributed by atoms with Crippen LogP contribution in [0.1, 0.15) is 25.1 Å². The highest BCUT2D eigenvalue weighted by molar-refractivity contribution is 5.84. The lowest BCUT2D eigenvalue weighted by Crippen LogP contribution is -2.27. The molecule has 1 aliphatic heterocycles. The third kappa shape index (κ3) is 2.79. The minimum Gasteiger partial charge on any atom is -0.490 e. The van der Waals surface area contributed by atoms with Gasteiger partial charge in [0.15, 0.2) is 0 Å². The predicted octanol–water partition coefficient (Wildman–Crippen LogP) is 2.09. The molecule has 0 spiro atoms. The molecule has 1 aromatic rings. The van der Waals surface area contributed by atoms with Crippen LogP contribution in [0.25, 0.3) is 0 Å². The smallest absolute Gasteiger partial charge is 0.241 e. The number of benzene rings is 1. The van der Waals surface area contributed by atoms with E-state index in [1.54, 1.807) is 11.0 Å². The Balaban J connectivity index is 2.10. The Bertz CT molecular complexity index is 456. The molecule has 1 amide bonds. The van der Waals surface area contributed by atoms with Crippen LogP contribution in [-0.2, 0) is 4.79 Å². The third-order valence-corrected chi connectivity index (χ3v) is 3.36. The lowest BCUT2D eigenvalue weighted by atomic mass is 10.1. The van der Waals surface area contributed by atoms with Crippen LogP contribution in [0.5, 0.6) is 5.75 Å². The number of nitrogens with zero attached hydrogens (tertiary/aromatic N) is 1. The molecule has 1 aromatic carbocycles. The van der Waals surface area contributed by atoms with Crippen molar-refractivity contribution in [3.8, 4) is 5.75 Å². The standard InChI is InChI=1S/C15H20N2O2/c1-4-10-19-12-8-6-11(7-9-12)14-16-13(5-2)15(18)17(14)3/h4,6-9,13-14,16H,1,5,10H2,2-3H3. The highest BCUT2D eigenvalue weighted by atomic mass is 16.5. The van der Waals surface area contributed by atoms with Gasteiger partial charge in [0.05, 0.1) is 6.04 Å². The van der Waals surface area contributed by atoms with Crippen molar-refractivity contribution in [2.24, 2.45) is 0 Å². The number of ether oxygens (including phenoxy) is 1. The SMILES string of the molecule is C=CCOc1ccc(C2NC(CC)C(=O)N2C)cc1. The first-order valence-electron chi connectivity index (χ1n) is 6.53. The summed E-state index contributed by atoms with van der Waals surface area (Å²) in [5, 5.41) is 3.34. The lowest BCUT2D eigenvalue weighted by molar-refractivity contribution is -0.128. The maximum Gasteiger partial charge on any atom is 0.241 e. The number of rotatable bonds is 5. The number of nitrogens with one attached hydrogen (secondary N) is 1. The second kappa shape index (κ2) is 5.89. The molecule has 0 bridgehead atoms. The van der Waals surface area contributed by atoms with Gasteiger partial charge in [0.2, 0.25) is 5.91 Å². The quantitative estimate of drug-likeness (QED) is 0.824. The molecule has 1 N–H and O–H groups in total. The predicted molar refractivity (Wildman–Crippen MR) is 74.9 cm³/mol. The van der Waals surface area contributed by atoms with Crippen molar-refractivity contribution in [3.05, 3.63) is 42.5 Å². The zero-order valence-corrected chi connectivity index (χ0v) is 11.4. The summed E-state index contributed by atoms with van der Waals surface area (Å²) in [7, 11) is 1.83. The zero-order chi connectivity index (χ0) is 13.8. The monoisotopic (exact) mass is 260 g/mol. The van der Waals surface area contributed by atoms with E-state index in [4.69, 9.17) is 4.74 Å². The molecule has 102 valence electrons. The van der Waals surface area contributed by atoms with Gasteiger partial charge >= 0.3 is 0 Å². The van der Waals surface area contributed by atoms with Crippen LogP contribution in [0.15, 0.2) is 36.9 Å². The van der Waals surface area contributed by atoms with E-state index in [1.165, 1.54) is 0 Å². The van der Waals surface area contributed by atoms with E-state index in [-0.39, 0.29) is 18.1 Å². The van der Waals surface area contributed by atoms with Gasteiger partial charge in [0.1, 0.15) is 18.5 Å². The zero-order valence-electron chi connectivity index (χ0n) is 11.4. The average Bonchev–Trinajstić information content (AvgIpc) is 2.73. The Morgan fingerprint density at radius 2 is 2.11 bits per heavy atom. The van der Waals surface area contributed by atoms with Crippen molar-refractivity contribution in [1.82, 2.24) is 10.2 Å². The Morgan fingerprint density at radius 1 is 1.42 bits per heavy atom. The fourth-order valence-corrected chi connectivity index (χ4v) is 2.26. The van der Waals surface area contributed by atoms with Gasteiger partial charge in [-0.1, -0.05) is 31.7 Å². The molecule has 1 aliphatic rings. The maximum atomic E-state index is 12.0. The molecular weight excluding hydrogens is 240 g/mol. The first-order valence-corrected chi connectivity index (χ1v) is 6.53.